The average molecular weight is 341 g/mol. The highest BCUT2D eigenvalue weighted by Gasteiger charge is 2.75. The zero-order valence-electron chi connectivity index (χ0n) is 10.6. The lowest BCUT2D eigenvalue weighted by atomic mass is 9.92. The largest absolute Gasteiger partial charge is 0.465 e. The first-order chi connectivity index (χ1) is 9.34. The number of Topliss-reactive ketones (excluding diaryl/α,β-unsaturated/α-hetero) is 1. The number of alkyl halides is 7. The molecule has 1 unspecified atom stereocenters. The number of rotatable bonds is 8. The Morgan fingerprint density at radius 1 is 1.24 bits per heavy atom. The normalized spacial score (nSPS) is 14.5. The molecule has 0 radical (unpaired) electrons. The number of carbonyl (C=O) groups is 2. The highest BCUT2D eigenvalue weighted by Crippen LogP contribution is 2.49. The van der Waals surface area contributed by atoms with Crippen molar-refractivity contribution in [3.8, 4) is 0 Å². The van der Waals surface area contributed by atoms with E-state index in [-0.39, 0.29) is 6.61 Å². The standard InChI is InChI=1S/C11H11ClF6O3/c1-3-5-6(8(20)21-4-2)7(19)9(13,14)10(15,16)11(12,17)18/h3,6H,1,4-5H2,2H3. The summed E-state index contributed by atoms with van der Waals surface area (Å²) in [5.41, 5.74) is 0. The number of halogens is 7. The fourth-order valence-electron chi connectivity index (χ4n) is 1.27. The van der Waals surface area contributed by atoms with Crippen LogP contribution in [0.5, 0.6) is 0 Å². The molecule has 10 heteroatoms. The van der Waals surface area contributed by atoms with Gasteiger partial charge in [-0.2, -0.15) is 26.3 Å². The molecule has 0 saturated heterocycles. The van der Waals surface area contributed by atoms with Crippen molar-refractivity contribution in [1.29, 1.82) is 0 Å². The number of esters is 1. The number of hydrogen-bond acceptors (Lipinski definition) is 3. The molecule has 0 N–H and O–H groups in total. The molecule has 0 spiro atoms. The van der Waals surface area contributed by atoms with Crippen LogP contribution in [0, 0.1) is 5.92 Å². The van der Waals surface area contributed by atoms with Crippen LogP contribution in [0.1, 0.15) is 13.3 Å². The zero-order chi connectivity index (χ0) is 17.1. The molecule has 122 valence electrons. The predicted octanol–water partition coefficient (Wildman–Crippen LogP) is 3.41. The summed E-state index contributed by atoms with van der Waals surface area (Å²) in [4.78, 5) is 22.7. The van der Waals surface area contributed by atoms with Gasteiger partial charge < -0.3 is 4.74 Å². The zero-order valence-corrected chi connectivity index (χ0v) is 11.4. The van der Waals surface area contributed by atoms with Crippen LogP contribution < -0.4 is 0 Å². The van der Waals surface area contributed by atoms with Crippen molar-refractivity contribution in [2.45, 2.75) is 30.6 Å². The van der Waals surface area contributed by atoms with E-state index in [2.05, 4.69) is 22.9 Å². The molecule has 0 aliphatic carbocycles. The molecule has 0 aromatic rings. The highest BCUT2D eigenvalue weighted by atomic mass is 35.5. The van der Waals surface area contributed by atoms with Crippen molar-refractivity contribution < 1.29 is 40.7 Å². The SMILES string of the molecule is C=CCC(C(=O)OCC)C(=O)C(F)(F)C(F)(F)C(F)(F)Cl. The maximum atomic E-state index is 13.4. The first-order valence-electron chi connectivity index (χ1n) is 5.48. The van der Waals surface area contributed by atoms with Crippen molar-refractivity contribution in [2.75, 3.05) is 6.61 Å². The molecule has 0 aromatic heterocycles. The van der Waals surface area contributed by atoms with Gasteiger partial charge in [0.2, 0.25) is 5.78 Å². The van der Waals surface area contributed by atoms with E-state index in [1.807, 2.05) is 0 Å². The van der Waals surface area contributed by atoms with Crippen molar-refractivity contribution in [1.82, 2.24) is 0 Å². The Balaban J connectivity index is 5.61. The molecule has 0 bridgehead atoms. The van der Waals surface area contributed by atoms with E-state index >= 15 is 0 Å². The predicted molar refractivity (Wildman–Crippen MR) is 60.6 cm³/mol. The molecule has 0 rings (SSSR count). The monoisotopic (exact) mass is 340 g/mol. The van der Waals surface area contributed by atoms with Crippen LogP contribution in [0.15, 0.2) is 12.7 Å². The third kappa shape index (κ3) is 3.90. The van der Waals surface area contributed by atoms with E-state index in [0.29, 0.717) is 0 Å². The van der Waals surface area contributed by atoms with Gasteiger partial charge in [-0.3, -0.25) is 9.59 Å². The third-order valence-corrected chi connectivity index (χ3v) is 2.59. The molecule has 0 fully saturated rings. The number of hydrogen-bond donors (Lipinski definition) is 0. The Labute approximate surface area is 120 Å². The van der Waals surface area contributed by atoms with Gasteiger partial charge in [0.25, 0.3) is 0 Å². The van der Waals surface area contributed by atoms with E-state index < -0.39 is 41.3 Å². The van der Waals surface area contributed by atoms with Gasteiger partial charge in [0.15, 0.2) is 0 Å². The highest BCUT2D eigenvalue weighted by molar-refractivity contribution is 6.22. The van der Waals surface area contributed by atoms with Crippen LogP contribution in [-0.4, -0.2) is 35.6 Å². The first kappa shape index (κ1) is 19.8. The molecular weight excluding hydrogens is 330 g/mol. The summed E-state index contributed by atoms with van der Waals surface area (Å²) in [5.74, 6) is -18.7. The molecule has 21 heavy (non-hydrogen) atoms. The summed E-state index contributed by atoms with van der Waals surface area (Å²) >= 11 is 3.92. The van der Waals surface area contributed by atoms with E-state index in [1.165, 1.54) is 6.92 Å². The topological polar surface area (TPSA) is 43.4 Å². The summed E-state index contributed by atoms with van der Waals surface area (Å²) in [6, 6.07) is 0. The minimum atomic E-state index is -6.18. The van der Waals surface area contributed by atoms with Gasteiger partial charge in [-0.05, 0) is 24.9 Å². The van der Waals surface area contributed by atoms with Gasteiger partial charge >= 0.3 is 23.2 Å². The molecule has 0 aromatic carbocycles. The molecule has 3 nitrogen and oxygen atoms in total. The maximum absolute atomic E-state index is 13.4. The summed E-state index contributed by atoms with van der Waals surface area (Å²) in [6.07, 6.45) is 0.0315. The third-order valence-electron chi connectivity index (χ3n) is 2.35. The van der Waals surface area contributed by atoms with Crippen LogP contribution in [-0.2, 0) is 14.3 Å². The van der Waals surface area contributed by atoms with Crippen molar-refractivity contribution in [2.24, 2.45) is 5.92 Å². The number of carbonyl (C=O) groups excluding carboxylic acids is 2. The van der Waals surface area contributed by atoms with Crippen LogP contribution in [0.2, 0.25) is 0 Å². The van der Waals surface area contributed by atoms with Crippen molar-refractivity contribution in [3.63, 3.8) is 0 Å². The number of ether oxygens (including phenoxy) is 1. The fourth-order valence-corrected chi connectivity index (χ4v) is 1.39. The Kier molecular flexibility index (Phi) is 6.28. The van der Waals surface area contributed by atoms with Gasteiger partial charge in [-0.25, -0.2) is 0 Å². The van der Waals surface area contributed by atoms with Crippen LogP contribution >= 0.6 is 11.6 Å². The quantitative estimate of drug-likeness (QED) is 0.224. The molecule has 0 amide bonds. The summed E-state index contributed by atoms with van der Waals surface area (Å²) in [7, 11) is 0. The summed E-state index contributed by atoms with van der Waals surface area (Å²) in [6.45, 7) is 4.00. The Bertz CT molecular complexity index is 419. The van der Waals surface area contributed by atoms with Crippen LogP contribution in [0.25, 0.3) is 0 Å². The minimum Gasteiger partial charge on any atom is -0.465 e. The van der Waals surface area contributed by atoms with E-state index in [9.17, 15) is 35.9 Å². The van der Waals surface area contributed by atoms with E-state index in [0.717, 1.165) is 6.08 Å². The Morgan fingerprint density at radius 2 is 1.71 bits per heavy atom. The van der Waals surface area contributed by atoms with Crippen molar-refractivity contribution >= 4 is 23.4 Å². The molecule has 0 aliphatic heterocycles. The summed E-state index contributed by atoms with van der Waals surface area (Å²) < 4.78 is 81.7. The lowest BCUT2D eigenvalue weighted by Crippen LogP contribution is -2.58. The molecule has 0 saturated carbocycles. The van der Waals surface area contributed by atoms with Gasteiger partial charge in [-0.15, -0.1) is 6.58 Å². The van der Waals surface area contributed by atoms with Gasteiger partial charge in [0, 0.05) is 0 Å². The first-order valence-corrected chi connectivity index (χ1v) is 5.86. The second-order valence-corrected chi connectivity index (χ2v) is 4.31. The van der Waals surface area contributed by atoms with Crippen LogP contribution in [0.3, 0.4) is 0 Å². The molecule has 0 aliphatic rings. The molecule has 1 atom stereocenters. The van der Waals surface area contributed by atoms with E-state index in [1.54, 1.807) is 0 Å². The van der Waals surface area contributed by atoms with Crippen LogP contribution in [0.4, 0.5) is 26.3 Å². The Hall–Kier alpha value is -1.25. The second kappa shape index (κ2) is 6.67. The molecule has 0 heterocycles. The smallest absolute Gasteiger partial charge is 0.393 e. The van der Waals surface area contributed by atoms with Gasteiger partial charge in [0.1, 0.15) is 5.92 Å². The van der Waals surface area contributed by atoms with Gasteiger partial charge in [-0.1, -0.05) is 6.08 Å². The fraction of sp³-hybridized carbons (Fsp3) is 0.636. The maximum Gasteiger partial charge on any atom is 0.393 e. The molecular formula is C11H11ClF6O3. The minimum absolute atomic E-state index is 0.326. The number of ketones is 1. The average Bonchev–Trinajstić information content (AvgIpc) is 2.33. The Morgan fingerprint density at radius 3 is 2.05 bits per heavy atom. The lowest BCUT2D eigenvalue weighted by Gasteiger charge is -2.29. The lowest BCUT2D eigenvalue weighted by molar-refractivity contribution is -0.269. The number of allylic oxidation sites excluding steroid dienone is 1. The van der Waals surface area contributed by atoms with Crippen molar-refractivity contribution in [3.05, 3.63) is 12.7 Å². The van der Waals surface area contributed by atoms with E-state index in [4.69, 9.17) is 0 Å². The van der Waals surface area contributed by atoms with Gasteiger partial charge in [0.05, 0.1) is 6.61 Å². The summed E-state index contributed by atoms with van der Waals surface area (Å²) in [5, 5.41) is -5.68. The second-order valence-electron chi connectivity index (χ2n) is 3.84.